The summed E-state index contributed by atoms with van der Waals surface area (Å²) < 4.78 is 22.8. The molecule has 0 aliphatic heterocycles. The maximum absolute atomic E-state index is 13.4. The zero-order valence-corrected chi connectivity index (χ0v) is 11.2. The summed E-state index contributed by atoms with van der Waals surface area (Å²) in [5.41, 5.74) is 6.28. The lowest BCUT2D eigenvalue weighted by atomic mass is 10.1. The smallest absolute Gasteiger partial charge is 0.397 e. The highest BCUT2D eigenvalue weighted by atomic mass is 35.5. The summed E-state index contributed by atoms with van der Waals surface area (Å²) in [5.74, 6) is -1.59. The molecular formula is C12H11ClFN3O3. The molecule has 0 saturated heterocycles. The van der Waals surface area contributed by atoms with Crippen LogP contribution < -0.4 is 5.73 Å². The van der Waals surface area contributed by atoms with Gasteiger partial charge in [0.25, 0.3) is 0 Å². The molecule has 0 aliphatic carbocycles. The van der Waals surface area contributed by atoms with E-state index in [1.807, 2.05) is 0 Å². The summed E-state index contributed by atoms with van der Waals surface area (Å²) in [4.78, 5) is 15.2. The molecule has 0 bridgehead atoms. The standard InChI is InChI=1S/C12H11ClFN3O3/c1-2-19-12(18)11-16-10(17-20-11)9(15)6-3-4-7(13)8(14)5-6/h3-5,9H,2,15H2,1H3. The minimum atomic E-state index is -0.839. The van der Waals surface area contributed by atoms with Gasteiger partial charge in [0, 0.05) is 0 Å². The summed E-state index contributed by atoms with van der Waals surface area (Å²) in [6, 6.07) is 3.25. The lowest BCUT2D eigenvalue weighted by molar-refractivity contribution is 0.0470. The van der Waals surface area contributed by atoms with Gasteiger partial charge in [0.05, 0.1) is 17.7 Å². The molecule has 0 fully saturated rings. The maximum atomic E-state index is 13.4. The molecule has 1 atom stereocenters. The molecule has 6 nitrogen and oxygen atoms in total. The van der Waals surface area contributed by atoms with Crippen LogP contribution in [0.1, 0.15) is 35.0 Å². The molecule has 20 heavy (non-hydrogen) atoms. The van der Waals surface area contributed by atoms with Gasteiger partial charge in [0.1, 0.15) is 5.82 Å². The van der Waals surface area contributed by atoms with Gasteiger partial charge < -0.3 is 15.0 Å². The monoisotopic (exact) mass is 299 g/mol. The highest BCUT2D eigenvalue weighted by molar-refractivity contribution is 6.30. The number of rotatable bonds is 4. The minimum Gasteiger partial charge on any atom is -0.459 e. The first-order valence-electron chi connectivity index (χ1n) is 5.74. The van der Waals surface area contributed by atoms with Gasteiger partial charge in [-0.25, -0.2) is 9.18 Å². The summed E-state index contributed by atoms with van der Waals surface area (Å²) in [6.45, 7) is 1.84. The van der Waals surface area contributed by atoms with Crippen LogP contribution >= 0.6 is 11.6 Å². The van der Waals surface area contributed by atoms with Crippen molar-refractivity contribution in [2.75, 3.05) is 6.61 Å². The van der Waals surface area contributed by atoms with E-state index in [0.717, 1.165) is 0 Å². The third-order valence-electron chi connectivity index (χ3n) is 2.47. The van der Waals surface area contributed by atoms with E-state index in [9.17, 15) is 9.18 Å². The third-order valence-corrected chi connectivity index (χ3v) is 2.78. The van der Waals surface area contributed by atoms with E-state index in [2.05, 4.69) is 10.1 Å². The Balaban J connectivity index is 2.22. The van der Waals surface area contributed by atoms with Gasteiger partial charge >= 0.3 is 11.9 Å². The molecule has 0 spiro atoms. The average molecular weight is 300 g/mol. The molecule has 2 N–H and O–H groups in total. The fourth-order valence-corrected chi connectivity index (χ4v) is 1.61. The normalized spacial score (nSPS) is 12.2. The number of benzene rings is 1. The van der Waals surface area contributed by atoms with E-state index in [1.165, 1.54) is 18.2 Å². The van der Waals surface area contributed by atoms with Gasteiger partial charge in [-0.05, 0) is 24.6 Å². The minimum absolute atomic E-state index is 0.0127. The summed E-state index contributed by atoms with van der Waals surface area (Å²) in [5, 5.41) is 3.57. The summed E-state index contributed by atoms with van der Waals surface area (Å²) in [6.07, 6.45) is 0. The van der Waals surface area contributed by atoms with Crippen molar-refractivity contribution in [3.63, 3.8) is 0 Å². The Morgan fingerprint density at radius 1 is 1.60 bits per heavy atom. The number of ether oxygens (including phenoxy) is 1. The Morgan fingerprint density at radius 3 is 3.00 bits per heavy atom. The molecule has 106 valence electrons. The Kier molecular flexibility index (Phi) is 4.31. The number of esters is 1. The van der Waals surface area contributed by atoms with Gasteiger partial charge in [-0.2, -0.15) is 4.98 Å². The van der Waals surface area contributed by atoms with Crippen LogP contribution in [-0.2, 0) is 4.74 Å². The lowest BCUT2D eigenvalue weighted by Gasteiger charge is -2.07. The maximum Gasteiger partial charge on any atom is 0.397 e. The number of aromatic nitrogens is 2. The summed E-state index contributed by atoms with van der Waals surface area (Å²) in [7, 11) is 0. The Morgan fingerprint density at radius 2 is 2.35 bits per heavy atom. The number of carbonyl (C=O) groups is 1. The van der Waals surface area contributed by atoms with Crippen LogP contribution in [0.4, 0.5) is 4.39 Å². The molecule has 0 radical (unpaired) electrons. The summed E-state index contributed by atoms with van der Waals surface area (Å²) >= 11 is 5.59. The number of nitrogens with zero attached hydrogens (tertiary/aromatic N) is 2. The second-order valence-electron chi connectivity index (χ2n) is 3.83. The van der Waals surface area contributed by atoms with Crippen molar-refractivity contribution in [2.45, 2.75) is 13.0 Å². The number of carbonyl (C=O) groups excluding carboxylic acids is 1. The molecule has 1 heterocycles. The van der Waals surface area contributed by atoms with Crippen molar-refractivity contribution >= 4 is 17.6 Å². The van der Waals surface area contributed by atoms with E-state index in [4.69, 9.17) is 26.6 Å². The topological polar surface area (TPSA) is 91.2 Å². The van der Waals surface area contributed by atoms with Crippen LogP contribution in [0.15, 0.2) is 22.7 Å². The Bertz CT molecular complexity index is 632. The quantitative estimate of drug-likeness (QED) is 0.869. The molecule has 0 aliphatic rings. The van der Waals surface area contributed by atoms with Crippen molar-refractivity contribution in [3.05, 3.63) is 46.3 Å². The van der Waals surface area contributed by atoms with Crippen LogP contribution in [0, 0.1) is 5.82 Å². The molecule has 0 saturated carbocycles. The van der Waals surface area contributed by atoms with Gasteiger partial charge in [0.2, 0.25) is 0 Å². The van der Waals surface area contributed by atoms with E-state index < -0.39 is 17.8 Å². The van der Waals surface area contributed by atoms with Crippen molar-refractivity contribution in [1.29, 1.82) is 0 Å². The fraction of sp³-hybridized carbons (Fsp3) is 0.250. The van der Waals surface area contributed by atoms with Crippen LogP contribution in [0.5, 0.6) is 0 Å². The Hall–Kier alpha value is -1.99. The van der Waals surface area contributed by atoms with Crippen molar-refractivity contribution in [1.82, 2.24) is 10.1 Å². The second-order valence-corrected chi connectivity index (χ2v) is 4.24. The molecule has 1 aromatic heterocycles. The van der Waals surface area contributed by atoms with Gasteiger partial charge in [-0.3, -0.25) is 0 Å². The van der Waals surface area contributed by atoms with E-state index in [-0.39, 0.29) is 23.3 Å². The van der Waals surface area contributed by atoms with Crippen LogP contribution in [0.3, 0.4) is 0 Å². The zero-order chi connectivity index (χ0) is 14.7. The first kappa shape index (κ1) is 14.4. The largest absolute Gasteiger partial charge is 0.459 e. The predicted octanol–water partition coefficient (Wildman–Crippen LogP) is 2.09. The SMILES string of the molecule is CCOC(=O)c1nc(C(N)c2ccc(Cl)c(F)c2)no1. The van der Waals surface area contributed by atoms with Gasteiger partial charge in [-0.1, -0.05) is 22.8 Å². The molecular weight excluding hydrogens is 289 g/mol. The average Bonchev–Trinajstić information content (AvgIpc) is 2.91. The number of hydrogen-bond acceptors (Lipinski definition) is 6. The number of nitrogens with two attached hydrogens (primary N) is 1. The molecule has 2 aromatic rings. The van der Waals surface area contributed by atoms with Crippen molar-refractivity contribution in [2.24, 2.45) is 5.73 Å². The first-order chi connectivity index (χ1) is 9.52. The van der Waals surface area contributed by atoms with Gasteiger partial charge in [-0.15, -0.1) is 0 Å². The van der Waals surface area contributed by atoms with E-state index in [0.29, 0.717) is 5.56 Å². The Labute approximate surface area is 118 Å². The van der Waals surface area contributed by atoms with Crippen molar-refractivity contribution in [3.8, 4) is 0 Å². The number of halogens is 2. The molecule has 0 amide bonds. The predicted molar refractivity (Wildman–Crippen MR) is 67.7 cm³/mol. The highest BCUT2D eigenvalue weighted by Gasteiger charge is 2.21. The zero-order valence-electron chi connectivity index (χ0n) is 10.5. The van der Waals surface area contributed by atoms with Crippen LogP contribution in [-0.4, -0.2) is 22.7 Å². The first-order valence-corrected chi connectivity index (χ1v) is 6.12. The van der Waals surface area contributed by atoms with Crippen molar-refractivity contribution < 1.29 is 18.4 Å². The third kappa shape index (κ3) is 2.94. The van der Waals surface area contributed by atoms with Crippen LogP contribution in [0.2, 0.25) is 5.02 Å². The van der Waals surface area contributed by atoms with Crippen LogP contribution in [0.25, 0.3) is 0 Å². The van der Waals surface area contributed by atoms with Gasteiger partial charge in [0.15, 0.2) is 5.82 Å². The highest BCUT2D eigenvalue weighted by Crippen LogP contribution is 2.22. The van der Waals surface area contributed by atoms with E-state index >= 15 is 0 Å². The van der Waals surface area contributed by atoms with E-state index in [1.54, 1.807) is 6.92 Å². The number of hydrogen-bond donors (Lipinski definition) is 1. The molecule has 2 rings (SSSR count). The second kappa shape index (κ2) is 5.98. The lowest BCUT2D eigenvalue weighted by Crippen LogP contribution is -2.14. The molecule has 8 heteroatoms. The molecule has 1 unspecified atom stereocenters. The molecule has 1 aromatic carbocycles. The fourth-order valence-electron chi connectivity index (χ4n) is 1.49.